The van der Waals surface area contributed by atoms with Crippen molar-refractivity contribution in [3.63, 3.8) is 0 Å². The van der Waals surface area contributed by atoms with Gasteiger partial charge in [-0.1, -0.05) is 35.9 Å². The van der Waals surface area contributed by atoms with E-state index in [2.05, 4.69) is 33.0 Å². The number of benzene rings is 2. The monoisotopic (exact) mass is 364 g/mol. The quantitative estimate of drug-likeness (QED) is 0.697. The summed E-state index contributed by atoms with van der Waals surface area (Å²) in [6, 6.07) is 19.8. The van der Waals surface area contributed by atoms with Crippen molar-refractivity contribution >= 4 is 23.2 Å². The topological polar surface area (TPSA) is 56.3 Å². The average molecular weight is 365 g/mol. The molecule has 0 aliphatic carbocycles. The van der Waals surface area contributed by atoms with Crippen LogP contribution in [-0.4, -0.2) is 31.2 Å². The van der Waals surface area contributed by atoms with Crippen molar-refractivity contribution in [3.8, 4) is 17.5 Å². The van der Waals surface area contributed by atoms with Gasteiger partial charge in [0.25, 0.3) is 0 Å². The molecule has 1 aliphatic heterocycles. The summed E-state index contributed by atoms with van der Waals surface area (Å²) in [5, 5.41) is 10.1. The number of nitriles is 1. The summed E-state index contributed by atoms with van der Waals surface area (Å²) >= 11 is 6.05. The first kappa shape index (κ1) is 16.5. The van der Waals surface area contributed by atoms with Crippen LogP contribution < -0.4 is 9.80 Å². The summed E-state index contributed by atoms with van der Waals surface area (Å²) in [7, 11) is 0. The van der Waals surface area contributed by atoms with Gasteiger partial charge >= 0.3 is 0 Å². The molecule has 5 nitrogen and oxygen atoms in total. The molecule has 0 saturated carbocycles. The van der Waals surface area contributed by atoms with Gasteiger partial charge in [0.05, 0.1) is 0 Å². The zero-order chi connectivity index (χ0) is 17.9. The van der Waals surface area contributed by atoms with Gasteiger partial charge in [-0.2, -0.15) is 10.2 Å². The van der Waals surface area contributed by atoms with Crippen molar-refractivity contribution in [2.75, 3.05) is 36.0 Å². The summed E-state index contributed by atoms with van der Waals surface area (Å²) < 4.78 is 5.94. The van der Waals surface area contributed by atoms with Gasteiger partial charge in [-0.15, -0.1) is 0 Å². The number of aromatic nitrogens is 1. The Morgan fingerprint density at radius 3 is 2.38 bits per heavy atom. The molecule has 0 atom stereocenters. The van der Waals surface area contributed by atoms with E-state index in [4.69, 9.17) is 16.0 Å². The normalized spacial score (nSPS) is 14.3. The van der Waals surface area contributed by atoms with E-state index in [9.17, 15) is 5.26 Å². The number of hydrogen-bond donors (Lipinski definition) is 0. The third kappa shape index (κ3) is 3.24. The number of anilines is 2. The number of rotatable bonds is 3. The van der Waals surface area contributed by atoms with Gasteiger partial charge in [-0.3, -0.25) is 0 Å². The van der Waals surface area contributed by atoms with Crippen LogP contribution in [0.15, 0.2) is 59.0 Å². The summed E-state index contributed by atoms with van der Waals surface area (Å²) in [4.78, 5) is 8.76. The average Bonchev–Trinajstić information content (AvgIpc) is 3.13. The number of piperazine rings is 1. The summed E-state index contributed by atoms with van der Waals surface area (Å²) in [5.74, 6) is 0.958. The maximum absolute atomic E-state index is 9.46. The van der Waals surface area contributed by atoms with Crippen LogP contribution >= 0.6 is 11.6 Å². The highest BCUT2D eigenvalue weighted by atomic mass is 35.5. The lowest BCUT2D eigenvalue weighted by molar-refractivity contribution is 0.531. The summed E-state index contributed by atoms with van der Waals surface area (Å²) in [6.07, 6.45) is 0. The Labute approximate surface area is 157 Å². The van der Waals surface area contributed by atoms with Crippen LogP contribution in [0.1, 0.15) is 5.69 Å². The fourth-order valence-electron chi connectivity index (χ4n) is 3.15. The van der Waals surface area contributed by atoms with Crippen LogP contribution in [0, 0.1) is 11.3 Å². The lowest BCUT2D eigenvalue weighted by Gasteiger charge is -2.35. The molecule has 0 bridgehead atoms. The van der Waals surface area contributed by atoms with Crippen LogP contribution in [0.2, 0.25) is 5.02 Å². The third-order valence-electron chi connectivity index (χ3n) is 4.47. The van der Waals surface area contributed by atoms with E-state index in [-0.39, 0.29) is 0 Å². The molecule has 0 unspecified atom stereocenters. The molecule has 4 rings (SSSR count). The number of para-hydroxylation sites is 1. The van der Waals surface area contributed by atoms with Gasteiger partial charge in [0, 0.05) is 42.5 Å². The van der Waals surface area contributed by atoms with Crippen molar-refractivity contribution in [2.24, 2.45) is 0 Å². The second kappa shape index (κ2) is 7.11. The zero-order valence-electron chi connectivity index (χ0n) is 14.1. The van der Waals surface area contributed by atoms with Gasteiger partial charge in [-0.25, -0.2) is 0 Å². The molecule has 1 aromatic heterocycles. The van der Waals surface area contributed by atoms with Crippen LogP contribution in [0.5, 0.6) is 0 Å². The SMILES string of the molecule is N#Cc1nc(-c2cccc(Cl)c2)oc1N1CCN(c2ccccc2)CC1. The number of oxazole rings is 1. The van der Waals surface area contributed by atoms with Crippen LogP contribution in [0.25, 0.3) is 11.5 Å². The lowest BCUT2D eigenvalue weighted by Crippen LogP contribution is -2.46. The molecule has 1 fully saturated rings. The van der Waals surface area contributed by atoms with Gasteiger partial charge < -0.3 is 14.2 Å². The fourth-order valence-corrected chi connectivity index (χ4v) is 3.34. The van der Waals surface area contributed by atoms with Crippen molar-refractivity contribution < 1.29 is 4.42 Å². The lowest BCUT2D eigenvalue weighted by atomic mass is 10.2. The maximum Gasteiger partial charge on any atom is 0.235 e. The molecule has 1 aliphatic rings. The van der Waals surface area contributed by atoms with Gasteiger partial charge in [0.1, 0.15) is 6.07 Å². The van der Waals surface area contributed by atoms with E-state index in [1.807, 2.05) is 30.3 Å². The third-order valence-corrected chi connectivity index (χ3v) is 4.71. The van der Waals surface area contributed by atoms with Gasteiger partial charge in [0.15, 0.2) is 0 Å². The smallest absolute Gasteiger partial charge is 0.235 e. The van der Waals surface area contributed by atoms with Crippen molar-refractivity contribution in [2.45, 2.75) is 0 Å². The van der Waals surface area contributed by atoms with Crippen molar-refractivity contribution in [3.05, 3.63) is 65.3 Å². The molecular formula is C20H17ClN4O. The van der Waals surface area contributed by atoms with E-state index in [0.29, 0.717) is 22.5 Å². The van der Waals surface area contributed by atoms with E-state index >= 15 is 0 Å². The predicted octanol–water partition coefficient (Wildman–Crippen LogP) is 4.19. The Morgan fingerprint density at radius 1 is 0.962 bits per heavy atom. The Kier molecular flexibility index (Phi) is 4.51. The zero-order valence-corrected chi connectivity index (χ0v) is 14.9. The first-order chi connectivity index (χ1) is 12.7. The van der Waals surface area contributed by atoms with Crippen LogP contribution in [0.4, 0.5) is 11.6 Å². The molecular weight excluding hydrogens is 348 g/mol. The molecule has 6 heteroatoms. The Hall–Kier alpha value is -2.97. The highest BCUT2D eigenvalue weighted by Gasteiger charge is 2.24. The first-order valence-corrected chi connectivity index (χ1v) is 8.84. The number of nitrogens with zero attached hydrogens (tertiary/aromatic N) is 4. The number of hydrogen-bond acceptors (Lipinski definition) is 5. The maximum atomic E-state index is 9.46. The summed E-state index contributed by atoms with van der Waals surface area (Å²) in [5.41, 5.74) is 2.29. The minimum atomic E-state index is 0.313. The molecule has 26 heavy (non-hydrogen) atoms. The first-order valence-electron chi connectivity index (χ1n) is 8.46. The molecule has 2 heterocycles. The highest BCUT2D eigenvalue weighted by molar-refractivity contribution is 6.30. The van der Waals surface area contributed by atoms with Crippen molar-refractivity contribution in [1.29, 1.82) is 5.26 Å². The molecule has 130 valence electrons. The fraction of sp³-hybridized carbons (Fsp3) is 0.200. The van der Waals surface area contributed by atoms with Gasteiger partial charge in [-0.05, 0) is 30.3 Å². The molecule has 0 amide bonds. The van der Waals surface area contributed by atoms with E-state index in [1.165, 1.54) is 5.69 Å². The molecule has 0 spiro atoms. The second-order valence-corrected chi connectivity index (χ2v) is 6.54. The number of halogens is 1. The highest BCUT2D eigenvalue weighted by Crippen LogP contribution is 2.30. The Morgan fingerprint density at radius 2 is 1.69 bits per heavy atom. The van der Waals surface area contributed by atoms with Crippen molar-refractivity contribution in [1.82, 2.24) is 4.98 Å². The van der Waals surface area contributed by atoms with Crippen LogP contribution in [0.3, 0.4) is 0 Å². The predicted molar refractivity (Wildman–Crippen MR) is 103 cm³/mol. The Bertz CT molecular complexity index is 940. The molecule has 1 saturated heterocycles. The van der Waals surface area contributed by atoms with Crippen LogP contribution in [-0.2, 0) is 0 Å². The standard InChI is InChI=1S/C20H17ClN4O/c21-16-6-4-5-15(13-16)19-23-18(14-22)20(26-19)25-11-9-24(10-12-25)17-7-2-1-3-8-17/h1-8,13H,9-12H2. The molecule has 0 radical (unpaired) electrons. The minimum absolute atomic E-state index is 0.313. The van der Waals surface area contributed by atoms with E-state index < -0.39 is 0 Å². The van der Waals surface area contributed by atoms with E-state index in [1.54, 1.807) is 12.1 Å². The van der Waals surface area contributed by atoms with Gasteiger partial charge in [0.2, 0.25) is 17.5 Å². The summed E-state index contributed by atoms with van der Waals surface area (Å²) in [6.45, 7) is 3.27. The Balaban J connectivity index is 1.54. The second-order valence-electron chi connectivity index (χ2n) is 6.10. The molecule has 2 aromatic carbocycles. The minimum Gasteiger partial charge on any atom is -0.419 e. The molecule has 0 N–H and O–H groups in total. The van der Waals surface area contributed by atoms with E-state index in [0.717, 1.165) is 31.7 Å². The largest absolute Gasteiger partial charge is 0.419 e. The molecule has 3 aromatic rings.